The number of thiophene rings is 1. The summed E-state index contributed by atoms with van der Waals surface area (Å²) in [5.74, 6) is -0.632. The molecule has 1 amide bonds. The molecule has 1 unspecified atom stereocenters. The molecule has 0 spiro atoms. The standard InChI is InChI=1S/C27H31N3O5S/c1-14-11-17-23(31)18(25(32)34-5)13-30(15-9-10-15)24(17)29-22(14)21-12-16-19(7-6-8-20(16)36-21)28-26(33)35-27(2,3)4/h11-13,15,19H,6-10H2,1-5H3,(H,28,33). The number of fused-ring (bicyclic) bond motifs is 2. The van der Waals surface area contributed by atoms with Gasteiger partial charge in [0.05, 0.1) is 29.1 Å². The van der Waals surface area contributed by atoms with E-state index >= 15 is 0 Å². The Morgan fingerprint density at radius 1 is 1.19 bits per heavy atom. The summed E-state index contributed by atoms with van der Waals surface area (Å²) >= 11 is 1.68. The highest BCUT2D eigenvalue weighted by molar-refractivity contribution is 7.15. The average molecular weight is 510 g/mol. The van der Waals surface area contributed by atoms with Crippen LogP contribution in [-0.2, 0) is 15.9 Å². The van der Waals surface area contributed by atoms with Gasteiger partial charge in [-0.25, -0.2) is 14.6 Å². The Kier molecular flexibility index (Phi) is 6.14. The topological polar surface area (TPSA) is 99.5 Å². The van der Waals surface area contributed by atoms with Gasteiger partial charge in [0.25, 0.3) is 0 Å². The van der Waals surface area contributed by atoms with Crippen LogP contribution in [0, 0.1) is 6.92 Å². The number of aryl methyl sites for hydroxylation is 2. The highest BCUT2D eigenvalue weighted by Gasteiger charge is 2.30. The Labute approximate surface area is 213 Å². The van der Waals surface area contributed by atoms with E-state index in [1.807, 2.05) is 38.3 Å². The van der Waals surface area contributed by atoms with Crippen LogP contribution in [0.2, 0.25) is 0 Å². The number of amides is 1. The van der Waals surface area contributed by atoms with E-state index in [0.717, 1.165) is 53.8 Å². The largest absolute Gasteiger partial charge is 0.465 e. The van der Waals surface area contributed by atoms with E-state index in [2.05, 4.69) is 11.4 Å². The van der Waals surface area contributed by atoms with Crippen molar-refractivity contribution in [2.75, 3.05) is 7.11 Å². The Hall–Kier alpha value is -3.20. The second-order valence-corrected chi connectivity index (χ2v) is 11.7. The lowest BCUT2D eigenvalue weighted by molar-refractivity contribution is 0.0498. The highest BCUT2D eigenvalue weighted by Crippen LogP contribution is 2.42. The first-order chi connectivity index (χ1) is 17.1. The first-order valence-corrected chi connectivity index (χ1v) is 13.1. The van der Waals surface area contributed by atoms with E-state index in [4.69, 9.17) is 14.5 Å². The quantitative estimate of drug-likeness (QED) is 0.469. The molecular weight excluding hydrogens is 478 g/mol. The molecule has 3 aromatic heterocycles. The molecule has 0 saturated heterocycles. The summed E-state index contributed by atoms with van der Waals surface area (Å²) < 4.78 is 12.3. The summed E-state index contributed by atoms with van der Waals surface area (Å²) in [7, 11) is 1.28. The van der Waals surface area contributed by atoms with Crippen LogP contribution < -0.4 is 10.7 Å². The molecule has 9 heteroatoms. The summed E-state index contributed by atoms with van der Waals surface area (Å²) in [4.78, 5) is 45.0. The van der Waals surface area contributed by atoms with E-state index in [9.17, 15) is 14.4 Å². The number of hydrogen-bond acceptors (Lipinski definition) is 7. The van der Waals surface area contributed by atoms with Gasteiger partial charge in [0, 0.05) is 17.1 Å². The van der Waals surface area contributed by atoms with E-state index in [1.54, 1.807) is 17.5 Å². The van der Waals surface area contributed by atoms with Gasteiger partial charge in [-0.05, 0) is 83.1 Å². The fourth-order valence-corrected chi connectivity index (χ4v) is 6.10. The fourth-order valence-electron chi connectivity index (χ4n) is 4.78. The van der Waals surface area contributed by atoms with Gasteiger partial charge in [-0.15, -0.1) is 11.3 Å². The van der Waals surface area contributed by atoms with Gasteiger partial charge in [-0.3, -0.25) is 4.79 Å². The molecule has 2 aliphatic rings. The van der Waals surface area contributed by atoms with Gasteiger partial charge in [-0.1, -0.05) is 0 Å². The Balaban J connectivity index is 1.56. The zero-order chi connectivity index (χ0) is 25.8. The lowest BCUT2D eigenvalue weighted by atomic mass is 9.93. The molecule has 1 fully saturated rings. The third kappa shape index (κ3) is 4.64. The van der Waals surface area contributed by atoms with Crippen molar-refractivity contribution in [3.8, 4) is 10.6 Å². The predicted octanol–water partition coefficient (Wildman–Crippen LogP) is 5.46. The van der Waals surface area contributed by atoms with Crippen LogP contribution in [0.25, 0.3) is 21.6 Å². The fraction of sp³-hybridized carbons (Fsp3) is 0.481. The molecule has 5 rings (SSSR count). The van der Waals surface area contributed by atoms with Gasteiger partial charge < -0.3 is 19.4 Å². The third-order valence-electron chi connectivity index (χ3n) is 6.58. The summed E-state index contributed by atoms with van der Waals surface area (Å²) in [5.41, 5.74) is 2.49. The van der Waals surface area contributed by atoms with Crippen molar-refractivity contribution in [1.29, 1.82) is 0 Å². The summed E-state index contributed by atoms with van der Waals surface area (Å²) in [5, 5.41) is 3.47. The van der Waals surface area contributed by atoms with Gasteiger partial charge >= 0.3 is 12.1 Å². The number of esters is 1. The van der Waals surface area contributed by atoms with Crippen molar-refractivity contribution in [2.45, 2.75) is 77.5 Å². The van der Waals surface area contributed by atoms with E-state index in [-0.39, 0.29) is 23.1 Å². The number of ether oxygens (including phenoxy) is 2. The lowest BCUT2D eigenvalue weighted by Crippen LogP contribution is -2.35. The van der Waals surface area contributed by atoms with E-state index in [0.29, 0.717) is 11.0 Å². The van der Waals surface area contributed by atoms with Crippen LogP contribution in [0.3, 0.4) is 0 Å². The number of rotatable bonds is 4. The zero-order valence-electron chi connectivity index (χ0n) is 21.3. The van der Waals surface area contributed by atoms with Gasteiger partial charge in [0.2, 0.25) is 5.43 Å². The van der Waals surface area contributed by atoms with Crippen LogP contribution in [0.5, 0.6) is 0 Å². The molecule has 0 aliphatic heterocycles. The monoisotopic (exact) mass is 509 g/mol. The SMILES string of the molecule is COC(=O)c1cn(C2CC2)c2nc(-c3cc4c(s3)CCCC4NC(=O)OC(C)(C)C)c(C)cc2c1=O. The molecule has 3 aromatic rings. The number of carbonyl (C=O) groups excluding carboxylic acids is 2. The Bertz CT molecular complexity index is 1430. The molecule has 0 bridgehead atoms. The van der Waals surface area contributed by atoms with E-state index < -0.39 is 17.7 Å². The number of nitrogens with zero attached hydrogens (tertiary/aromatic N) is 2. The highest BCUT2D eigenvalue weighted by atomic mass is 32.1. The maximum atomic E-state index is 13.1. The zero-order valence-corrected chi connectivity index (χ0v) is 22.1. The minimum atomic E-state index is -0.632. The van der Waals surface area contributed by atoms with Gasteiger partial charge in [-0.2, -0.15) is 0 Å². The normalized spacial score (nSPS) is 17.5. The number of pyridine rings is 2. The lowest BCUT2D eigenvalue weighted by Gasteiger charge is -2.26. The van der Waals surface area contributed by atoms with Gasteiger partial charge in [0.15, 0.2) is 0 Å². The van der Waals surface area contributed by atoms with Crippen molar-refractivity contribution in [2.24, 2.45) is 0 Å². The Morgan fingerprint density at radius 2 is 1.94 bits per heavy atom. The maximum Gasteiger partial charge on any atom is 0.408 e. The molecule has 0 aromatic carbocycles. The van der Waals surface area contributed by atoms with Crippen LogP contribution >= 0.6 is 11.3 Å². The number of alkyl carbamates (subject to hydrolysis) is 1. The first-order valence-electron chi connectivity index (χ1n) is 12.3. The molecule has 3 heterocycles. The number of methoxy groups -OCH3 is 1. The molecule has 190 valence electrons. The molecule has 0 radical (unpaired) electrons. The molecule has 1 N–H and O–H groups in total. The smallest absolute Gasteiger partial charge is 0.408 e. The number of carbonyl (C=O) groups is 2. The summed E-state index contributed by atoms with van der Waals surface area (Å²) in [6.45, 7) is 7.49. The predicted molar refractivity (Wildman–Crippen MR) is 139 cm³/mol. The second kappa shape index (κ2) is 9.03. The number of nitrogens with one attached hydrogen (secondary N) is 1. The molecule has 1 saturated carbocycles. The van der Waals surface area contributed by atoms with Crippen LogP contribution in [0.1, 0.15) is 84.9 Å². The van der Waals surface area contributed by atoms with Gasteiger partial charge in [0.1, 0.15) is 16.8 Å². The third-order valence-corrected chi connectivity index (χ3v) is 7.80. The first kappa shape index (κ1) is 24.5. The van der Waals surface area contributed by atoms with Crippen molar-refractivity contribution < 1.29 is 19.1 Å². The average Bonchev–Trinajstić information content (AvgIpc) is 3.55. The van der Waals surface area contributed by atoms with Crippen LogP contribution in [0.4, 0.5) is 4.79 Å². The summed E-state index contributed by atoms with van der Waals surface area (Å²) in [6.07, 6.45) is 5.93. The molecule has 36 heavy (non-hydrogen) atoms. The van der Waals surface area contributed by atoms with E-state index in [1.165, 1.54) is 12.0 Å². The molecule has 1 atom stereocenters. The molecular formula is C27H31N3O5S. The minimum absolute atomic E-state index is 0.0356. The van der Waals surface area contributed by atoms with Crippen molar-refractivity contribution >= 4 is 34.4 Å². The second-order valence-electron chi connectivity index (χ2n) is 10.6. The van der Waals surface area contributed by atoms with Crippen LogP contribution in [-0.4, -0.2) is 34.3 Å². The number of aromatic nitrogens is 2. The van der Waals surface area contributed by atoms with Crippen molar-refractivity contribution in [3.05, 3.63) is 50.1 Å². The Morgan fingerprint density at radius 3 is 2.61 bits per heavy atom. The molecule has 2 aliphatic carbocycles. The molecule has 8 nitrogen and oxygen atoms in total. The van der Waals surface area contributed by atoms with Crippen molar-refractivity contribution in [3.63, 3.8) is 0 Å². The maximum absolute atomic E-state index is 13.1. The summed E-state index contributed by atoms with van der Waals surface area (Å²) in [6, 6.07) is 4.06. The number of hydrogen-bond donors (Lipinski definition) is 1. The van der Waals surface area contributed by atoms with Crippen molar-refractivity contribution in [1.82, 2.24) is 14.9 Å². The minimum Gasteiger partial charge on any atom is -0.465 e. The van der Waals surface area contributed by atoms with Crippen LogP contribution in [0.15, 0.2) is 23.1 Å².